The van der Waals surface area contributed by atoms with E-state index in [4.69, 9.17) is 4.74 Å². The predicted molar refractivity (Wildman–Crippen MR) is 69.8 cm³/mol. The first-order valence-electron chi connectivity index (χ1n) is 5.90. The van der Waals surface area contributed by atoms with E-state index in [2.05, 4.69) is 4.90 Å². The topological polar surface area (TPSA) is 29.5 Å². The normalized spacial score (nSPS) is 10.6. The van der Waals surface area contributed by atoms with Gasteiger partial charge in [-0.1, -0.05) is 12.1 Å². The monoisotopic (exact) mass is 235 g/mol. The Hall–Kier alpha value is -1.35. The maximum absolute atomic E-state index is 11.5. The van der Waals surface area contributed by atoms with Crippen LogP contribution >= 0.6 is 0 Å². The number of benzene rings is 1. The Balaban J connectivity index is 2.66. The molecule has 0 saturated carbocycles. The summed E-state index contributed by atoms with van der Waals surface area (Å²) in [5.74, 6) is 0.787. The lowest BCUT2D eigenvalue weighted by Gasteiger charge is -2.14. The van der Waals surface area contributed by atoms with E-state index in [0.29, 0.717) is 12.2 Å². The SMILES string of the molecule is CC(=O)c1cccc(C)c1OCCCN(C)C. The number of carbonyl (C=O) groups is 1. The lowest BCUT2D eigenvalue weighted by Crippen LogP contribution is -2.16. The van der Waals surface area contributed by atoms with Gasteiger partial charge < -0.3 is 9.64 Å². The number of aryl methyl sites for hydroxylation is 1. The number of para-hydroxylation sites is 1. The summed E-state index contributed by atoms with van der Waals surface area (Å²) >= 11 is 0. The van der Waals surface area contributed by atoms with Crippen LogP contribution in [0.5, 0.6) is 5.75 Å². The van der Waals surface area contributed by atoms with Crippen molar-refractivity contribution in [1.82, 2.24) is 4.90 Å². The number of carbonyl (C=O) groups excluding carboxylic acids is 1. The molecule has 0 bridgehead atoms. The van der Waals surface area contributed by atoms with Crippen LogP contribution in [0.3, 0.4) is 0 Å². The quantitative estimate of drug-likeness (QED) is 0.560. The highest BCUT2D eigenvalue weighted by molar-refractivity contribution is 5.97. The van der Waals surface area contributed by atoms with Crippen molar-refractivity contribution < 1.29 is 9.53 Å². The van der Waals surface area contributed by atoms with Crippen LogP contribution in [0.15, 0.2) is 18.2 Å². The molecule has 0 fully saturated rings. The fraction of sp³-hybridized carbons (Fsp3) is 0.500. The molecule has 0 atom stereocenters. The molecule has 0 unspecified atom stereocenters. The third kappa shape index (κ3) is 4.19. The van der Waals surface area contributed by atoms with Crippen molar-refractivity contribution in [1.29, 1.82) is 0 Å². The van der Waals surface area contributed by atoms with Crippen molar-refractivity contribution in [2.75, 3.05) is 27.2 Å². The Morgan fingerprint density at radius 2 is 2.06 bits per heavy atom. The molecule has 0 aromatic heterocycles. The van der Waals surface area contributed by atoms with Gasteiger partial charge in [0.05, 0.1) is 12.2 Å². The third-order valence-corrected chi connectivity index (χ3v) is 2.59. The minimum absolute atomic E-state index is 0.0521. The molecule has 0 radical (unpaired) electrons. The Morgan fingerprint density at radius 3 is 2.65 bits per heavy atom. The van der Waals surface area contributed by atoms with Crippen LogP contribution in [-0.4, -0.2) is 37.9 Å². The van der Waals surface area contributed by atoms with Crippen LogP contribution < -0.4 is 4.74 Å². The molecule has 1 aromatic rings. The zero-order valence-corrected chi connectivity index (χ0v) is 11.1. The van der Waals surface area contributed by atoms with Gasteiger partial charge in [0, 0.05) is 6.54 Å². The molecule has 0 heterocycles. The Morgan fingerprint density at radius 1 is 1.35 bits per heavy atom. The van der Waals surface area contributed by atoms with E-state index in [1.807, 2.05) is 39.2 Å². The molecule has 0 aliphatic rings. The van der Waals surface area contributed by atoms with E-state index in [0.717, 1.165) is 24.3 Å². The highest BCUT2D eigenvalue weighted by Crippen LogP contribution is 2.23. The van der Waals surface area contributed by atoms with E-state index in [1.165, 1.54) is 0 Å². The molecule has 0 aliphatic carbocycles. The molecule has 3 heteroatoms. The highest BCUT2D eigenvalue weighted by atomic mass is 16.5. The number of ether oxygens (including phenoxy) is 1. The molecule has 1 rings (SSSR count). The maximum atomic E-state index is 11.5. The molecule has 3 nitrogen and oxygen atoms in total. The summed E-state index contributed by atoms with van der Waals surface area (Å²) < 4.78 is 5.73. The molecule has 0 spiro atoms. The minimum atomic E-state index is 0.0521. The molecule has 0 saturated heterocycles. The largest absolute Gasteiger partial charge is 0.493 e. The zero-order valence-electron chi connectivity index (χ0n) is 11.1. The second kappa shape index (κ2) is 6.40. The fourth-order valence-corrected chi connectivity index (χ4v) is 1.68. The number of hydrogen-bond acceptors (Lipinski definition) is 3. The van der Waals surface area contributed by atoms with E-state index >= 15 is 0 Å². The Kier molecular flexibility index (Phi) is 5.16. The summed E-state index contributed by atoms with van der Waals surface area (Å²) in [6.45, 7) is 5.17. The van der Waals surface area contributed by atoms with Crippen LogP contribution in [0.2, 0.25) is 0 Å². The van der Waals surface area contributed by atoms with Crippen LogP contribution in [0, 0.1) is 6.92 Å². The Labute approximate surface area is 103 Å². The van der Waals surface area contributed by atoms with Gasteiger partial charge in [0.15, 0.2) is 5.78 Å². The molecule has 17 heavy (non-hydrogen) atoms. The van der Waals surface area contributed by atoms with Gasteiger partial charge in [-0.25, -0.2) is 0 Å². The molecular weight excluding hydrogens is 214 g/mol. The van der Waals surface area contributed by atoms with Crippen LogP contribution in [0.1, 0.15) is 29.3 Å². The second-order valence-electron chi connectivity index (χ2n) is 4.51. The molecule has 94 valence electrons. The van der Waals surface area contributed by atoms with Crippen molar-refractivity contribution in [3.05, 3.63) is 29.3 Å². The summed E-state index contributed by atoms with van der Waals surface area (Å²) in [4.78, 5) is 13.6. The van der Waals surface area contributed by atoms with E-state index in [9.17, 15) is 4.79 Å². The van der Waals surface area contributed by atoms with Crippen molar-refractivity contribution in [3.63, 3.8) is 0 Å². The summed E-state index contributed by atoms with van der Waals surface area (Å²) in [5.41, 5.74) is 1.69. The Bertz CT molecular complexity index is 386. The van der Waals surface area contributed by atoms with Crippen LogP contribution in [0.4, 0.5) is 0 Å². The van der Waals surface area contributed by atoms with Gasteiger partial charge in [-0.2, -0.15) is 0 Å². The molecule has 1 aromatic carbocycles. The van der Waals surface area contributed by atoms with Gasteiger partial charge in [0.2, 0.25) is 0 Å². The minimum Gasteiger partial charge on any atom is -0.493 e. The summed E-state index contributed by atoms with van der Waals surface area (Å²) in [6.07, 6.45) is 0.957. The third-order valence-electron chi connectivity index (χ3n) is 2.59. The number of nitrogens with zero attached hydrogens (tertiary/aromatic N) is 1. The lowest BCUT2D eigenvalue weighted by atomic mass is 10.1. The van der Waals surface area contributed by atoms with Crippen LogP contribution in [0.25, 0.3) is 0 Å². The first-order valence-corrected chi connectivity index (χ1v) is 5.90. The van der Waals surface area contributed by atoms with Gasteiger partial charge in [-0.15, -0.1) is 0 Å². The molecule has 0 aliphatic heterocycles. The second-order valence-corrected chi connectivity index (χ2v) is 4.51. The predicted octanol–water partition coefficient (Wildman–Crippen LogP) is 2.53. The van der Waals surface area contributed by atoms with Gasteiger partial charge in [0.1, 0.15) is 5.75 Å². The van der Waals surface area contributed by atoms with E-state index < -0.39 is 0 Å². The van der Waals surface area contributed by atoms with Crippen molar-refractivity contribution in [2.45, 2.75) is 20.3 Å². The molecular formula is C14H21NO2. The van der Waals surface area contributed by atoms with Crippen LogP contribution in [-0.2, 0) is 0 Å². The zero-order chi connectivity index (χ0) is 12.8. The summed E-state index contributed by atoms with van der Waals surface area (Å²) in [5, 5.41) is 0. The smallest absolute Gasteiger partial charge is 0.163 e. The standard InChI is InChI=1S/C14H21NO2/c1-11-7-5-8-13(12(2)16)14(11)17-10-6-9-15(3)4/h5,7-8H,6,9-10H2,1-4H3. The van der Waals surface area contributed by atoms with Gasteiger partial charge in [-0.05, 0) is 46.0 Å². The van der Waals surface area contributed by atoms with Crippen molar-refractivity contribution in [2.24, 2.45) is 0 Å². The average molecular weight is 235 g/mol. The first kappa shape index (κ1) is 13.7. The highest BCUT2D eigenvalue weighted by Gasteiger charge is 2.10. The molecule has 0 N–H and O–H groups in total. The number of hydrogen-bond donors (Lipinski definition) is 0. The summed E-state index contributed by atoms with van der Waals surface area (Å²) in [6, 6.07) is 5.67. The fourth-order valence-electron chi connectivity index (χ4n) is 1.68. The number of ketones is 1. The maximum Gasteiger partial charge on any atom is 0.163 e. The van der Waals surface area contributed by atoms with E-state index in [1.54, 1.807) is 6.92 Å². The van der Waals surface area contributed by atoms with Gasteiger partial charge in [0.25, 0.3) is 0 Å². The average Bonchev–Trinajstić information content (AvgIpc) is 2.25. The van der Waals surface area contributed by atoms with Gasteiger partial charge >= 0.3 is 0 Å². The molecule has 0 amide bonds. The lowest BCUT2D eigenvalue weighted by molar-refractivity contribution is 0.101. The van der Waals surface area contributed by atoms with Gasteiger partial charge in [-0.3, -0.25) is 4.79 Å². The van der Waals surface area contributed by atoms with Crippen molar-refractivity contribution in [3.8, 4) is 5.75 Å². The van der Waals surface area contributed by atoms with Crippen molar-refractivity contribution >= 4 is 5.78 Å². The first-order chi connectivity index (χ1) is 8.02. The number of Topliss-reactive ketones (excluding diaryl/α,β-unsaturated/α-hetero) is 1. The summed E-state index contributed by atoms with van der Waals surface area (Å²) in [7, 11) is 4.07. The number of rotatable bonds is 6. The van der Waals surface area contributed by atoms with E-state index in [-0.39, 0.29) is 5.78 Å².